The van der Waals surface area contributed by atoms with Gasteiger partial charge in [0.1, 0.15) is 0 Å². The smallest absolute Gasteiger partial charge is 0.317 e. The maximum Gasteiger partial charge on any atom is 0.317 e. The van der Waals surface area contributed by atoms with Gasteiger partial charge in [0.25, 0.3) is 0 Å². The van der Waals surface area contributed by atoms with Crippen molar-refractivity contribution in [2.45, 2.75) is 57.9 Å². The first-order chi connectivity index (χ1) is 9.54. The Morgan fingerprint density at radius 3 is 2.55 bits per heavy atom. The number of aliphatic carboxylic acids is 1. The molecule has 20 heavy (non-hydrogen) atoms. The van der Waals surface area contributed by atoms with Crippen LogP contribution >= 0.6 is 0 Å². The fourth-order valence-corrected chi connectivity index (χ4v) is 3.25. The Kier molecular flexibility index (Phi) is 5.26. The minimum Gasteiger partial charge on any atom is -0.481 e. The molecule has 2 N–H and O–H groups in total. The van der Waals surface area contributed by atoms with Crippen LogP contribution in [0.5, 0.6) is 0 Å². The summed E-state index contributed by atoms with van der Waals surface area (Å²) in [5.41, 5.74) is 0. The molecule has 5 heteroatoms. The molecular weight excluding hydrogens is 256 g/mol. The minimum atomic E-state index is -0.746. The van der Waals surface area contributed by atoms with Gasteiger partial charge in [0.15, 0.2) is 0 Å². The van der Waals surface area contributed by atoms with Gasteiger partial charge in [-0.2, -0.15) is 0 Å². The summed E-state index contributed by atoms with van der Waals surface area (Å²) in [4.78, 5) is 24.6. The SMILES string of the molecule is CC1CCC(NC(=O)N2CCC(CCC(=O)O)C2)CC1. The van der Waals surface area contributed by atoms with Gasteiger partial charge in [-0.15, -0.1) is 0 Å². The van der Waals surface area contributed by atoms with E-state index in [1.165, 1.54) is 12.8 Å². The number of carbonyl (C=O) groups is 2. The third kappa shape index (κ3) is 4.39. The van der Waals surface area contributed by atoms with Crippen LogP contribution < -0.4 is 5.32 Å². The highest BCUT2D eigenvalue weighted by atomic mass is 16.4. The number of carboxylic acid groups (broad SMARTS) is 1. The summed E-state index contributed by atoms with van der Waals surface area (Å²) in [6.07, 6.45) is 6.40. The van der Waals surface area contributed by atoms with E-state index in [0.717, 1.165) is 31.7 Å². The highest BCUT2D eigenvalue weighted by Crippen LogP contribution is 2.25. The van der Waals surface area contributed by atoms with E-state index in [-0.39, 0.29) is 12.5 Å². The van der Waals surface area contributed by atoms with Crippen molar-refractivity contribution < 1.29 is 14.7 Å². The van der Waals surface area contributed by atoms with Crippen LogP contribution in [0.25, 0.3) is 0 Å². The molecule has 2 aliphatic rings. The van der Waals surface area contributed by atoms with Crippen molar-refractivity contribution in [3.8, 4) is 0 Å². The molecule has 0 radical (unpaired) electrons. The van der Waals surface area contributed by atoms with Crippen molar-refractivity contribution in [1.29, 1.82) is 0 Å². The van der Waals surface area contributed by atoms with Crippen LogP contribution in [0.1, 0.15) is 51.9 Å². The van der Waals surface area contributed by atoms with Gasteiger partial charge in [-0.1, -0.05) is 6.92 Å². The number of carboxylic acids is 1. The summed E-state index contributed by atoms with van der Waals surface area (Å²) in [6, 6.07) is 0.374. The summed E-state index contributed by atoms with van der Waals surface area (Å²) < 4.78 is 0. The summed E-state index contributed by atoms with van der Waals surface area (Å²) in [5.74, 6) is 0.391. The maximum absolute atomic E-state index is 12.2. The van der Waals surface area contributed by atoms with Gasteiger partial charge >= 0.3 is 12.0 Å². The average Bonchev–Trinajstić information content (AvgIpc) is 2.88. The van der Waals surface area contributed by atoms with Crippen LogP contribution in [0.2, 0.25) is 0 Å². The zero-order valence-corrected chi connectivity index (χ0v) is 12.3. The van der Waals surface area contributed by atoms with E-state index < -0.39 is 5.97 Å². The predicted molar refractivity (Wildman–Crippen MR) is 76.5 cm³/mol. The second kappa shape index (κ2) is 6.95. The molecule has 1 atom stereocenters. The van der Waals surface area contributed by atoms with Crippen molar-refractivity contribution in [2.75, 3.05) is 13.1 Å². The normalized spacial score (nSPS) is 30.2. The topological polar surface area (TPSA) is 69.6 Å². The van der Waals surface area contributed by atoms with Gasteiger partial charge < -0.3 is 15.3 Å². The molecule has 0 aromatic carbocycles. The summed E-state index contributed by atoms with van der Waals surface area (Å²) in [6.45, 7) is 3.74. The third-order valence-corrected chi connectivity index (χ3v) is 4.68. The second-order valence-corrected chi connectivity index (χ2v) is 6.44. The number of amides is 2. The van der Waals surface area contributed by atoms with Gasteiger partial charge in [-0.05, 0) is 50.4 Å². The first-order valence-electron chi connectivity index (χ1n) is 7.82. The van der Waals surface area contributed by atoms with E-state index in [1.54, 1.807) is 0 Å². The second-order valence-electron chi connectivity index (χ2n) is 6.44. The maximum atomic E-state index is 12.2. The zero-order chi connectivity index (χ0) is 14.5. The number of hydrogen-bond acceptors (Lipinski definition) is 2. The lowest BCUT2D eigenvalue weighted by Gasteiger charge is -2.29. The fourth-order valence-electron chi connectivity index (χ4n) is 3.25. The molecule has 0 spiro atoms. The molecule has 1 aliphatic carbocycles. The van der Waals surface area contributed by atoms with E-state index >= 15 is 0 Å². The van der Waals surface area contributed by atoms with Crippen LogP contribution in [0.15, 0.2) is 0 Å². The molecule has 2 rings (SSSR count). The number of nitrogens with one attached hydrogen (secondary N) is 1. The van der Waals surface area contributed by atoms with Crippen molar-refractivity contribution in [2.24, 2.45) is 11.8 Å². The van der Waals surface area contributed by atoms with E-state index in [4.69, 9.17) is 5.11 Å². The van der Waals surface area contributed by atoms with Crippen molar-refractivity contribution in [1.82, 2.24) is 10.2 Å². The van der Waals surface area contributed by atoms with Gasteiger partial charge in [0.2, 0.25) is 0 Å². The third-order valence-electron chi connectivity index (χ3n) is 4.68. The number of urea groups is 1. The minimum absolute atomic E-state index is 0.0439. The molecule has 2 fully saturated rings. The van der Waals surface area contributed by atoms with Gasteiger partial charge in [0, 0.05) is 25.6 Å². The van der Waals surface area contributed by atoms with Gasteiger partial charge in [-0.25, -0.2) is 4.79 Å². The van der Waals surface area contributed by atoms with Crippen LogP contribution in [0.3, 0.4) is 0 Å². The number of nitrogens with zero attached hydrogens (tertiary/aromatic N) is 1. The Morgan fingerprint density at radius 2 is 1.90 bits per heavy atom. The summed E-state index contributed by atoms with van der Waals surface area (Å²) in [5, 5.41) is 11.8. The molecule has 114 valence electrons. The van der Waals surface area contributed by atoms with Crippen molar-refractivity contribution in [3.63, 3.8) is 0 Å². The molecule has 5 nitrogen and oxygen atoms in total. The Hall–Kier alpha value is -1.26. The molecule has 2 amide bonds. The Balaban J connectivity index is 1.70. The summed E-state index contributed by atoms with van der Waals surface area (Å²) in [7, 11) is 0. The largest absolute Gasteiger partial charge is 0.481 e. The van der Waals surface area contributed by atoms with Gasteiger partial charge in [0.05, 0.1) is 0 Å². The van der Waals surface area contributed by atoms with Crippen molar-refractivity contribution >= 4 is 12.0 Å². The molecule has 1 aliphatic heterocycles. The molecule has 1 heterocycles. The highest BCUT2D eigenvalue weighted by molar-refractivity contribution is 5.74. The quantitative estimate of drug-likeness (QED) is 0.832. The van der Waals surface area contributed by atoms with Crippen LogP contribution in [0, 0.1) is 11.8 Å². The number of carbonyl (C=O) groups excluding carboxylic acids is 1. The lowest BCUT2D eigenvalue weighted by atomic mass is 9.87. The first-order valence-corrected chi connectivity index (χ1v) is 7.82. The Labute approximate surface area is 120 Å². The van der Waals surface area contributed by atoms with Gasteiger partial charge in [-0.3, -0.25) is 4.79 Å². The number of rotatable bonds is 4. The van der Waals surface area contributed by atoms with E-state index in [0.29, 0.717) is 24.9 Å². The zero-order valence-electron chi connectivity index (χ0n) is 12.3. The summed E-state index contributed by atoms with van der Waals surface area (Å²) >= 11 is 0. The van der Waals surface area contributed by atoms with E-state index in [1.807, 2.05) is 4.90 Å². The van der Waals surface area contributed by atoms with Crippen LogP contribution in [-0.4, -0.2) is 41.1 Å². The number of likely N-dealkylation sites (tertiary alicyclic amines) is 1. The standard InChI is InChI=1S/C15H26N2O3/c1-11-2-5-13(6-3-11)16-15(20)17-9-8-12(10-17)4-7-14(18)19/h11-13H,2-10H2,1H3,(H,16,20)(H,18,19). The molecule has 0 bridgehead atoms. The molecular formula is C15H26N2O3. The lowest BCUT2D eigenvalue weighted by Crippen LogP contribution is -2.45. The Morgan fingerprint density at radius 1 is 1.20 bits per heavy atom. The fraction of sp³-hybridized carbons (Fsp3) is 0.867. The molecule has 1 saturated carbocycles. The Bertz CT molecular complexity index is 351. The van der Waals surface area contributed by atoms with Crippen LogP contribution in [-0.2, 0) is 4.79 Å². The monoisotopic (exact) mass is 282 g/mol. The lowest BCUT2D eigenvalue weighted by molar-refractivity contribution is -0.137. The average molecular weight is 282 g/mol. The number of hydrogen-bond donors (Lipinski definition) is 2. The molecule has 0 aromatic rings. The van der Waals surface area contributed by atoms with Crippen LogP contribution in [0.4, 0.5) is 4.79 Å². The highest BCUT2D eigenvalue weighted by Gasteiger charge is 2.28. The van der Waals surface area contributed by atoms with E-state index in [2.05, 4.69) is 12.2 Å². The van der Waals surface area contributed by atoms with Crippen molar-refractivity contribution in [3.05, 3.63) is 0 Å². The molecule has 1 saturated heterocycles. The molecule has 1 unspecified atom stereocenters. The first kappa shape index (κ1) is 15.1. The predicted octanol–water partition coefficient (Wildman–Crippen LogP) is 2.46. The molecule has 0 aromatic heterocycles. The van der Waals surface area contributed by atoms with E-state index in [9.17, 15) is 9.59 Å².